The molecule has 1 saturated carbocycles. The lowest BCUT2D eigenvalue weighted by atomic mass is 9.94. The molecule has 7 nitrogen and oxygen atoms in total. The van der Waals surface area contributed by atoms with Crippen molar-refractivity contribution in [3.05, 3.63) is 0 Å². The van der Waals surface area contributed by atoms with Crippen molar-refractivity contribution in [2.24, 2.45) is 0 Å². The summed E-state index contributed by atoms with van der Waals surface area (Å²) in [5.74, 6) is -0.343. The minimum atomic E-state index is -1.26. The van der Waals surface area contributed by atoms with Gasteiger partial charge in [0, 0.05) is 6.92 Å². The van der Waals surface area contributed by atoms with Gasteiger partial charge in [-0.1, -0.05) is 0 Å². The van der Waals surface area contributed by atoms with Crippen molar-refractivity contribution in [2.75, 3.05) is 6.61 Å². The third kappa shape index (κ3) is 3.24. The Kier molecular flexibility index (Phi) is 4.75. The molecule has 0 aromatic rings. The minimum Gasteiger partial charge on any atom is -0.394 e. The van der Waals surface area contributed by atoms with Crippen molar-refractivity contribution < 1.29 is 29.6 Å². The largest absolute Gasteiger partial charge is 0.394 e. The second-order valence-corrected chi connectivity index (χ2v) is 5.12. The van der Waals surface area contributed by atoms with Gasteiger partial charge in [-0.2, -0.15) is 0 Å². The molecule has 19 heavy (non-hydrogen) atoms. The molecule has 1 aliphatic heterocycles. The summed E-state index contributed by atoms with van der Waals surface area (Å²) in [5.41, 5.74) is 0. The molecule has 0 aromatic heterocycles. The Bertz CT molecular complexity index is 321. The number of nitrogens with one attached hydrogen (secondary N) is 1. The molecule has 0 radical (unpaired) electrons. The van der Waals surface area contributed by atoms with Crippen LogP contribution < -0.4 is 5.32 Å². The molecule has 0 bridgehead atoms. The van der Waals surface area contributed by atoms with Crippen LogP contribution in [-0.4, -0.2) is 64.6 Å². The molecule has 2 aliphatic rings. The molecule has 2 fully saturated rings. The van der Waals surface area contributed by atoms with E-state index in [2.05, 4.69) is 5.32 Å². The first-order valence-electron chi connectivity index (χ1n) is 6.58. The average molecular weight is 275 g/mol. The minimum absolute atomic E-state index is 0.0445. The number of ether oxygens (including phenoxy) is 2. The Hall–Kier alpha value is -0.730. The summed E-state index contributed by atoms with van der Waals surface area (Å²) < 4.78 is 11.1. The first kappa shape index (κ1) is 14.7. The Morgan fingerprint density at radius 1 is 1.37 bits per heavy atom. The highest BCUT2D eigenvalue weighted by Crippen LogP contribution is 2.28. The first-order valence-corrected chi connectivity index (χ1v) is 6.58. The van der Waals surface area contributed by atoms with Gasteiger partial charge in [-0.25, -0.2) is 0 Å². The van der Waals surface area contributed by atoms with E-state index in [1.807, 2.05) is 0 Å². The van der Waals surface area contributed by atoms with Gasteiger partial charge in [0.2, 0.25) is 5.91 Å². The van der Waals surface area contributed by atoms with Gasteiger partial charge in [0.1, 0.15) is 24.4 Å². The van der Waals surface area contributed by atoms with Crippen LogP contribution in [0, 0.1) is 0 Å². The lowest BCUT2D eigenvalue weighted by Gasteiger charge is -2.44. The first-order chi connectivity index (χ1) is 9.02. The SMILES string of the molecule is CC(=O)NC1C(OC2CCC2)OC(CO)C(O)C1O. The highest BCUT2D eigenvalue weighted by atomic mass is 16.7. The molecule has 0 aromatic carbocycles. The van der Waals surface area contributed by atoms with Crippen LogP contribution >= 0.6 is 0 Å². The summed E-state index contributed by atoms with van der Waals surface area (Å²) in [6.07, 6.45) is -1.32. The maximum absolute atomic E-state index is 11.2. The number of rotatable bonds is 4. The van der Waals surface area contributed by atoms with Crippen molar-refractivity contribution >= 4 is 5.91 Å². The fourth-order valence-electron chi connectivity index (χ4n) is 2.28. The number of hydrogen-bond donors (Lipinski definition) is 4. The summed E-state index contributed by atoms with van der Waals surface area (Å²) in [7, 11) is 0. The fraction of sp³-hybridized carbons (Fsp3) is 0.917. The molecule has 5 unspecified atom stereocenters. The fourth-order valence-corrected chi connectivity index (χ4v) is 2.28. The molecule has 110 valence electrons. The summed E-state index contributed by atoms with van der Waals surface area (Å²) in [4.78, 5) is 11.2. The second-order valence-electron chi connectivity index (χ2n) is 5.12. The normalized spacial score (nSPS) is 39.7. The Morgan fingerprint density at radius 3 is 2.53 bits per heavy atom. The maximum atomic E-state index is 11.2. The van der Waals surface area contributed by atoms with Gasteiger partial charge in [0.25, 0.3) is 0 Å². The summed E-state index contributed by atoms with van der Waals surface area (Å²) in [5, 5.41) is 31.5. The van der Waals surface area contributed by atoms with E-state index in [0.29, 0.717) is 0 Å². The van der Waals surface area contributed by atoms with Crippen molar-refractivity contribution in [3.8, 4) is 0 Å². The molecular formula is C12H21NO6. The van der Waals surface area contributed by atoms with Crippen LogP contribution in [0.1, 0.15) is 26.2 Å². The lowest BCUT2D eigenvalue weighted by Crippen LogP contribution is -2.65. The van der Waals surface area contributed by atoms with Gasteiger partial charge in [0.15, 0.2) is 6.29 Å². The van der Waals surface area contributed by atoms with Gasteiger partial charge in [-0.15, -0.1) is 0 Å². The van der Waals surface area contributed by atoms with E-state index in [1.54, 1.807) is 0 Å². The average Bonchev–Trinajstić information content (AvgIpc) is 2.31. The zero-order valence-electron chi connectivity index (χ0n) is 10.9. The van der Waals surface area contributed by atoms with E-state index >= 15 is 0 Å². The number of aliphatic hydroxyl groups is 3. The topological polar surface area (TPSA) is 108 Å². The molecular weight excluding hydrogens is 254 g/mol. The summed E-state index contributed by atoms with van der Waals surface area (Å²) in [6.45, 7) is 0.896. The van der Waals surface area contributed by atoms with Gasteiger partial charge in [-0.3, -0.25) is 4.79 Å². The van der Waals surface area contributed by atoms with E-state index in [4.69, 9.17) is 14.6 Å². The standard InChI is InChI=1S/C12H21NO6/c1-6(15)13-9-11(17)10(16)8(5-14)19-12(9)18-7-3-2-4-7/h7-12,14,16-17H,2-5H2,1H3,(H,13,15). The predicted octanol–water partition coefficient (Wildman–Crippen LogP) is -1.50. The highest BCUT2D eigenvalue weighted by Gasteiger charge is 2.46. The van der Waals surface area contributed by atoms with E-state index in [1.165, 1.54) is 6.92 Å². The van der Waals surface area contributed by atoms with Crippen LogP contribution in [0.2, 0.25) is 0 Å². The zero-order valence-corrected chi connectivity index (χ0v) is 10.9. The Balaban J connectivity index is 2.06. The smallest absolute Gasteiger partial charge is 0.217 e. The van der Waals surface area contributed by atoms with E-state index in [0.717, 1.165) is 19.3 Å². The van der Waals surface area contributed by atoms with Crippen LogP contribution in [0.15, 0.2) is 0 Å². The van der Waals surface area contributed by atoms with Crippen molar-refractivity contribution in [1.29, 1.82) is 0 Å². The molecule has 1 aliphatic carbocycles. The quantitative estimate of drug-likeness (QED) is 0.497. The van der Waals surface area contributed by atoms with Crippen LogP contribution in [0.3, 0.4) is 0 Å². The van der Waals surface area contributed by atoms with Crippen LogP contribution in [-0.2, 0) is 14.3 Å². The number of hydrogen-bond acceptors (Lipinski definition) is 6. The van der Waals surface area contributed by atoms with Gasteiger partial charge in [0.05, 0.1) is 12.7 Å². The molecule has 4 N–H and O–H groups in total. The van der Waals surface area contributed by atoms with E-state index < -0.39 is 37.3 Å². The Morgan fingerprint density at radius 2 is 2.05 bits per heavy atom. The molecule has 1 amide bonds. The van der Waals surface area contributed by atoms with Crippen molar-refractivity contribution in [1.82, 2.24) is 5.32 Å². The number of carbonyl (C=O) groups is 1. The second kappa shape index (κ2) is 6.15. The molecule has 5 atom stereocenters. The van der Waals surface area contributed by atoms with Crippen LogP contribution in [0.4, 0.5) is 0 Å². The molecule has 1 heterocycles. The molecule has 0 spiro atoms. The van der Waals surface area contributed by atoms with Gasteiger partial charge < -0.3 is 30.1 Å². The number of aliphatic hydroxyl groups excluding tert-OH is 3. The predicted molar refractivity (Wildman–Crippen MR) is 64.1 cm³/mol. The van der Waals surface area contributed by atoms with Crippen molar-refractivity contribution in [2.45, 2.75) is 62.9 Å². The van der Waals surface area contributed by atoms with Crippen LogP contribution in [0.25, 0.3) is 0 Å². The van der Waals surface area contributed by atoms with Crippen LogP contribution in [0.5, 0.6) is 0 Å². The maximum Gasteiger partial charge on any atom is 0.217 e. The Labute approximate surface area is 111 Å². The van der Waals surface area contributed by atoms with Gasteiger partial charge >= 0.3 is 0 Å². The summed E-state index contributed by atoms with van der Waals surface area (Å²) in [6, 6.07) is -0.837. The molecule has 1 saturated heterocycles. The zero-order chi connectivity index (χ0) is 14.0. The van der Waals surface area contributed by atoms with E-state index in [-0.39, 0.29) is 12.0 Å². The molecule has 2 rings (SSSR count). The monoisotopic (exact) mass is 275 g/mol. The molecule has 7 heteroatoms. The summed E-state index contributed by atoms with van der Waals surface area (Å²) >= 11 is 0. The number of amides is 1. The third-order valence-corrected chi connectivity index (χ3v) is 3.63. The van der Waals surface area contributed by atoms with Crippen molar-refractivity contribution in [3.63, 3.8) is 0 Å². The number of carbonyl (C=O) groups excluding carboxylic acids is 1. The third-order valence-electron chi connectivity index (χ3n) is 3.63. The highest BCUT2D eigenvalue weighted by molar-refractivity contribution is 5.73. The lowest BCUT2D eigenvalue weighted by molar-refractivity contribution is -0.287. The van der Waals surface area contributed by atoms with Gasteiger partial charge in [-0.05, 0) is 19.3 Å². The van der Waals surface area contributed by atoms with E-state index in [9.17, 15) is 15.0 Å².